The minimum atomic E-state index is 0.495. The Morgan fingerprint density at radius 3 is 2.36 bits per heavy atom. The molecule has 1 unspecified atom stereocenters. The van der Waals surface area contributed by atoms with Gasteiger partial charge in [0.1, 0.15) is 0 Å². The van der Waals surface area contributed by atoms with Crippen molar-refractivity contribution in [3.63, 3.8) is 0 Å². The summed E-state index contributed by atoms with van der Waals surface area (Å²) in [6, 6.07) is 11.1. The summed E-state index contributed by atoms with van der Waals surface area (Å²) < 4.78 is 6.50. The lowest BCUT2D eigenvalue weighted by atomic mass is 9.84. The molecule has 3 heterocycles. The van der Waals surface area contributed by atoms with Crippen LogP contribution >= 0.6 is 0 Å². The largest absolute Gasteiger partial charge is 0.376 e. The molecule has 2 heteroatoms. The van der Waals surface area contributed by atoms with Crippen LogP contribution in [0.4, 0.5) is 0 Å². The van der Waals surface area contributed by atoms with E-state index >= 15 is 0 Å². The van der Waals surface area contributed by atoms with Crippen LogP contribution in [0.15, 0.2) is 30.3 Å². The maximum atomic E-state index is 6.50. The first-order valence-electron chi connectivity index (χ1n) is 9.29. The molecule has 4 fully saturated rings. The Hall–Kier alpha value is -0.860. The van der Waals surface area contributed by atoms with Crippen LogP contribution in [0.3, 0.4) is 0 Å². The van der Waals surface area contributed by atoms with Gasteiger partial charge in [0.25, 0.3) is 0 Å². The summed E-state index contributed by atoms with van der Waals surface area (Å²) in [5.41, 5.74) is 1.50. The molecule has 120 valence electrons. The monoisotopic (exact) mass is 299 g/mol. The minimum absolute atomic E-state index is 0.495. The SMILES string of the molecule is c1ccc(C(CO[C@H]2CN3CCC2CC3)C2CCCC2)cc1. The van der Waals surface area contributed by atoms with Gasteiger partial charge in [-0.2, -0.15) is 0 Å². The zero-order valence-corrected chi connectivity index (χ0v) is 13.6. The number of ether oxygens (including phenoxy) is 1. The van der Waals surface area contributed by atoms with Crippen molar-refractivity contribution < 1.29 is 4.74 Å². The van der Waals surface area contributed by atoms with Crippen molar-refractivity contribution in [1.82, 2.24) is 4.90 Å². The number of fused-ring (bicyclic) bond motifs is 3. The zero-order valence-electron chi connectivity index (χ0n) is 13.6. The van der Waals surface area contributed by atoms with Crippen LogP contribution in [0, 0.1) is 11.8 Å². The Morgan fingerprint density at radius 2 is 1.73 bits per heavy atom. The number of piperidine rings is 3. The maximum Gasteiger partial charge on any atom is 0.0731 e. The van der Waals surface area contributed by atoms with Gasteiger partial charge in [0.2, 0.25) is 0 Å². The highest BCUT2D eigenvalue weighted by molar-refractivity contribution is 5.20. The third-order valence-corrected chi connectivity index (χ3v) is 6.28. The van der Waals surface area contributed by atoms with E-state index in [9.17, 15) is 0 Å². The van der Waals surface area contributed by atoms with Crippen LogP contribution in [-0.2, 0) is 4.74 Å². The lowest BCUT2D eigenvalue weighted by Crippen LogP contribution is -2.51. The Kier molecular flexibility index (Phi) is 4.49. The number of hydrogen-bond donors (Lipinski definition) is 0. The summed E-state index contributed by atoms with van der Waals surface area (Å²) >= 11 is 0. The van der Waals surface area contributed by atoms with E-state index in [1.54, 1.807) is 0 Å². The highest BCUT2D eigenvalue weighted by atomic mass is 16.5. The molecule has 1 aromatic carbocycles. The Balaban J connectivity index is 1.42. The normalized spacial score (nSPS) is 33.2. The van der Waals surface area contributed by atoms with E-state index in [-0.39, 0.29) is 0 Å². The van der Waals surface area contributed by atoms with Crippen LogP contribution < -0.4 is 0 Å². The standard InChI is InChI=1S/C20H29NO/c1-2-6-16(7-3-1)19(17-8-4-5-9-17)15-22-20-14-21-12-10-18(20)11-13-21/h1-3,6-7,17-20H,4-5,8-15H2/t19?,20-/m0/s1. The first kappa shape index (κ1) is 14.7. The van der Waals surface area contributed by atoms with E-state index in [1.807, 2.05) is 0 Å². The second-order valence-corrected chi connectivity index (χ2v) is 7.57. The van der Waals surface area contributed by atoms with Crippen LogP contribution in [0.2, 0.25) is 0 Å². The van der Waals surface area contributed by atoms with Gasteiger partial charge in [0.05, 0.1) is 12.7 Å². The molecule has 5 rings (SSSR count). The predicted molar refractivity (Wildman–Crippen MR) is 90.0 cm³/mol. The van der Waals surface area contributed by atoms with Crippen molar-refractivity contribution in [2.24, 2.45) is 11.8 Å². The predicted octanol–water partition coefficient (Wildman–Crippen LogP) is 4.07. The van der Waals surface area contributed by atoms with Crippen molar-refractivity contribution in [1.29, 1.82) is 0 Å². The first-order chi connectivity index (χ1) is 10.9. The van der Waals surface area contributed by atoms with Gasteiger partial charge in [-0.1, -0.05) is 43.2 Å². The summed E-state index contributed by atoms with van der Waals surface area (Å²) in [6.07, 6.45) is 8.80. The average Bonchev–Trinajstić information content (AvgIpc) is 3.11. The van der Waals surface area contributed by atoms with E-state index in [2.05, 4.69) is 35.2 Å². The highest BCUT2D eigenvalue weighted by Crippen LogP contribution is 2.38. The topological polar surface area (TPSA) is 12.5 Å². The van der Waals surface area contributed by atoms with Crippen molar-refractivity contribution in [3.8, 4) is 0 Å². The Morgan fingerprint density at radius 1 is 1.00 bits per heavy atom. The van der Waals surface area contributed by atoms with Gasteiger partial charge in [0, 0.05) is 12.5 Å². The number of hydrogen-bond acceptors (Lipinski definition) is 2. The van der Waals surface area contributed by atoms with Gasteiger partial charge in [-0.3, -0.25) is 0 Å². The molecule has 22 heavy (non-hydrogen) atoms. The Bertz CT molecular complexity index is 460. The fraction of sp³-hybridized carbons (Fsp3) is 0.700. The van der Waals surface area contributed by atoms with E-state index in [0.717, 1.165) is 18.4 Å². The second kappa shape index (κ2) is 6.72. The molecule has 2 nitrogen and oxygen atoms in total. The summed E-state index contributed by atoms with van der Waals surface area (Å²) in [5, 5.41) is 0. The van der Waals surface area contributed by atoms with Gasteiger partial charge in [-0.05, 0) is 56.2 Å². The van der Waals surface area contributed by atoms with E-state index in [1.165, 1.54) is 63.7 Å². The second-order valence-electron chi connectivity index (χ2n) is 7.57. The molecule has 2 bridgehead atoms. The van der Waals surface area contributed by atoms with E-state index in [0.29, 0.717) is 12.0 Å². The lowest BCUT2D eigenvalue weighted by Gasteiger charge is -2.45. The van der Waals surface area contributed by atoms with Crippen LogP contribution in [0.25, 0.3) is 0 Å². The van der Waals surface area contributed by atoms with Crippen molar-refractivity contribution >= 4 is 0 Å². The molecule has 2 atom stereocenters. The smallest absolute Gasteiger partial charge is 0.0731 e. The molecule has 0 spiro atoms. The van der Waals surface area contributed by atoms with E-state index < -0.39 is 0 Å². The third-order valence-electron chi connectivity index (χ3n) is 6.28. The van der Waals surface area contributed by atoms with Gasteiger partial charge < -0.3 is 9.64 Å². The van der Waals surface area contributed by atoms with Crippen molar-refractivity contribution in [2.75, 3.05) is 26.2 Å². The zero-order chi connectivity index (χ0) is 14.8. The van der Waals surface area contributed by atoms with Crippen molar-refractivity contribution in [3.05, 3.63) is 35.9 Å². The van der Waals surface area contributed by atoms with Gasteiger partial charge in [0.15, 0.2) is 0 Å². The molecular weight excluding hydrogens is 270 g/mol. The quantitative estimate of drug-likeness (QED) is 0.812. The summed E-state index contributed by atoms with van der Waals surface area (Å²) in [4.78, 5) is 2.59. The number of benzene rings is 1. The molecule has 0 radical (unpaired) electrons. The number of nitrogens with zero attached hydrogens (tertiary/aromatic N) is 1. The molecule has 3 aliphatic heterocycles. The fourth-order valence-corrected chi connectivity index (χ4v) is 4.89. The summed E-state index contributed by atoms with van der Waals surface area (Å²) in [5.74, 6) is 2.27. The third kappa shape index (κ3) is 3.09. The molecule has 1 aromatic rings. The molecule has 0 amide bonds. The fourth-order valence-electron chi connectivity index (χ4n) is 4.89. The minimum Gasteiger partial charge on any atom is -0.376 e. The molecule has 0 N–H and O–H groups in total. The molecule has 3 saturated heterocycles. The van der Waals surface area contributed by atoms with Gasteiger partial charge in [-0.15, -0.1) is 0 Å². The lowest BCUT2D eigenvalue weighted by molar-refractivity contribution is -0.0762. The van der Waals surface area contributed by atoms with Crippen LogP contribution in [-0.4, -0.2) is 37.2 Å². The van der Waals surface area contributed by atoms with Crippen LogP contribution in [0.1, 0.15) is 50.0 Å². The number of rotatable bonds is 5. The van der Waals surface area contributed by atoms with Crippen molar-refractivity contribution in [2.45, 2.75) is 50.5 Å². The maximum absolute atomic E-state index is 6.50. The highest BCUT2D eigenvalue weighted by Gasteiger charge is 2.36. The summed E-state index contributed by atoms with van der Waals surface area (Å²) in [7, 11) is 0. The van der Waals surface area contributed by atoms with E-state index in [4.69, 9.17) is 4.74 Å². The molecule has 1 aliphatic carbocycles. The molecule has 1 saturated carbocycles. The Labute approximate surface area is 134 Å². The molecule has 0 aromatic heterocycles. The van der Waals surface area contributed by atoms with Gasteiger partial charge in [-0.25, -0.2) is 0 Å². The molecular formula is C20H29NO. The molecule has 4 aliphatic rings. The van der Waals surface area contributed by atoms with Gasteiger partial charge >= 0.3 is 0 Å². The van der Waals surface area contributed by atoms with Crippen LogP contribution in [0.5, 0.6) is 0 Å². The summed E-state index contributed by atoms with van der Waals surface area (Å²) in [6.45, 7) is 4.71. The first-order valence-corrected chi connectivity index (χ1v) is 9.29. The average molecular weight is 299 g/mol.